The molecule has 0 atom stereocenters. The molecule has 0 bridgehead atoms. The molecule has 2 aliphatic rings. The van der Waals surface area contributed by atoms with E-state index in [0.717, 1.165) is 24.8 Å². The van der Waals surface area contributed by atoms with Crippen LogP contribution in [-0.2, 0) is 9.53 Å². The number of rotatable bonds is 1. The average Bonchev–Trinajstić information content (AvgIpc) is 3.11. The van der Waals surface area contributed by atoms with Crippen molar-refractivity contribution < 1.29 is 14.3 Å². The highest BCUT2D eigenvalue weighted by Crippen LogP contribution is 2.40. The first kappa shape index (κ1) is 18.9. The van der Waals surface area contributed by atoms with Gasteiger partial charge in [0.1, 0.15) is 0 Å². The van der Waals surface area contributed by atoms with Crippen molar-refractivity contribution in [1.29, 1.82) is 0 Å². The van der Waals surface area contributed by atoms with Crippen LogP contribution in [0.4, 0.5) is 4.79 Å². The van der Waals surface area contributed by atoms with E-state index in [1.165, 1.54) is 0 Å². The fourth-order valence-electron chi connectivity index (χ4n) is 3.67. The van der Waals surface area contributed by atoms with E-state index in [-0.39, 0.29) is 24.0 Å². The molecule has 2 fully saturated rings. The van der Waals surface area contributed by atoms with Crippen LogP contribution in [0.1, 0.15) is 31.7 Å². The zero-order valence-electron chi connectivity index (χ0n) is 15.7. The van der Waals surface area contributed by atoms with E-state index < -0.39 is 0 Å². The Morgan fingerprint density at radius 3 is 2.41 bits per heavy atom. The fraction of sp³-hybridized carbons (Fsp3) is 0.455. The van der Waals surface area contributed by atoms with Gasteiger partial charge in [-0.2, -0.15) is 0 Å². The molecule has 0 unspecified atom stereocenters. The Morgan fingerprint density at radius 1 is 1.07 bits per heavy atom. The number of amides is 2. The van der Waals surface area contributed by atoms with E-state index in [2.05, 4.69) is 23.7 Å². The lowest BCUT2D eigenvalue weighted by atomic mass is 9.78. The van der Waals surface area contributed by atoms with Gasteiger partial charge >= 0.3 is 6.09 Å². The van der Waals surface area contributed by atoms with Crippen LogP contribution < -0.4 is 0 Å². The highest BCUT2D eigenvalue weighted by Gasteiger charge is 2.43. The van der Waals surface area contributed by atoms with Gasteiger partial charge in [-0.05, 0) is 43.7 Å². The third-order valence-electron chi connectivity index (χ3n) is 5.34. The number of hydrogen-bond acceptors (Lipinski definition) is 3. The summed E-state index contributed by atoms with van der Waals surface area (Å²) in [6, 6.07) is 9.53. The van der Waals surface area contributed by atoms with Crippen molar-refractivity contribution in [3.05, 3.63) is 35.9 Å². The van der Waals surface area contributed by atoms with Gasteiger partial charge in [-0.25, -0.2) is 4.79 Å². The predicted octanol–water partition coefficient (Wildman–Crippen LogP) is 2.51. The van der Waals surface area contributed by atoms with Gasteiger partial charge in [0.15, 0.2) is 6.61 Å². The van der Waals surface area contributed by atoms with Crippen LogP contribution in [0.2, 0.25) is 0 Å². The lowest BCUT2D eigenvalue weighted by Crippen LogP contribution is -2.44. The minimum Gasteiger partial charge on any atom is -0.436 e. The number of piperidine rings is 1. The first-order chi connectivity index (χ1) is 13.1. The summed E-state index contributed by atoms with van der Waals surface area (Å²) in [4.78, 5) is 28.0. The molecule has 1 aromatic rings. The smallest absolute Gasteiger partial charge is 0.410 e. The van der Waals surface area contributed by atoms with Gasteiger partial charge in [0.25, 0.3) is 5.91 Å². The monoisotopic (exact) mass is 364 g/mol. The van der Waals surface area contributed by atoms with Crippen molar-refractivity contribution in [3.63, 3.8) is 0 Å². The van der Waals surface area contributed by atoms with Crippen molar-refractivity contribution in [2.24, 2.45) is 5.41 Å². The quantitative estimate of drug-likeness (QED) is 0.720. The lowest BCUT2D eigenvalue weighted by molar-refractivity contribution is -0.127. The van der Waals surface area contributed by atoms with Crippen molar-refractivity contribution in [1.82, 2.24) is 9.80 Å². The topological polar surface area (TPSA) is 49.9 Å². The SMILES string of the molecule is CC#CCOC(=O)N1CCC2(CCN(C(=O)C#Cc3ccccc3)CC2)C1. The third kappa shape index (κ3) is 4.83. The maximum atomic E-state index is 12.3. The number of carbonyl (C=O) groups is 2. The Hall–Kier alpha value is -2.92. The van der Waals surface area contributed by atoms with Gasteiger partial charge in [-0.3, -0.25) is 4.79 Å². The van der Waals surface area contributed by atoms with Gasteiger partial charge in [0.2, 0.25) is 0 Å². The van der Waals surface area contributed by atoms with Crippen molar-refractivity contribution >= 4 is 12.0 Å². The highest BCUT2D eigenvalue weighted by atomic mass is 16.6. The second-order valence-electron chi connectivity index (χ2n) is 7.06. The standard InChI is InChI=1S/C22H24N2O3/c1-2-3-17-27-21(26)24-16-13-22(18-24)11-14-23(15-12-22)20(25)10-9-19-7-5-4-6-8-19/h4-8H,11-18H2,1H3. The molecule has 140 valence electrons. The van der Waals surface area contributed by atoms with Crippen LogP contribution in [0.5, 0.6) is 0 Å². The maximum Gasteiger partial charge on any atom is 0.410 e. The summed E-state index contributed by atoms with van der Waals surface area (Å²) in [6.45, 7) is 4.64. The van der Waals surface area contributed by atoms with Crippen LogP contribution >= 0.6 is 0 Å². The Bertz CT molecular complexity index is 803. The molecule has 1 spiro atoms. The molecular formula is C22H24N2O3. The van der Waals surface area contributed by atoms with Crippen molar-refractivity contribution in [3.8, 4) is 23.7 Å². The van der Waals surface area contributed by atoms with E-state index in [0.29, 0.717) is 26.2 Å². The zero-order valence-corrected chi connectivity index (χ0v) is 15.7. The van der Waals surface area contributed by atoms with Crippen LogP contribution in [0, 0.1) is 29.1 Å². The third-order valence-corrected chi connectivity index (χ3v) is 5.34. The van der Waals surface area contributed by atoms with Gasteiger partial charge in [0.05, 0.1) is 0 Å². The molecule has 2 heterocycles. The summed E-state index contributed by atoms with van der Waals surface area (Å²) in [7, 11) is 0. The average molecular weight is 364 g/mol. The molecule has 2 saturated heterocycles. The second-order valence-corrected chi connectivity index (χ2v) is 7.06. The molecule has 27 heavy (non-hydrogen) atoms. The molecule has 2 amide bonds. The van der Waals surface area contributed by atoms with E-state index in [1.54, 1.807) is 11.8 Å². The summed E-state index contributed by atoms with van der Waals surface area (Å²) < 4.78 is 5.16. The Balaban J connectivity index is 1.50. The van der Waals surface area contributed by atoms with Crippen molar-refractivity contribution in [2.75, 3.05) is 32.8 Å². The Kier molecular flexibility index (Phi) is 6.04. The van der Waals surface area contributed by atoms with Gasteiger partial charge in [-0.1, -0.05) is 30.0 Å². The second kappa shape index (κ2) is 8.64. The molecular weight excluding hydrogens is 340 g/mol. The van der Waals surface area contributed by atoms with Gasteiger partial charge in [0, 0.05) is 37.7 Å². The summed E-state index contributed by atoms with van der Waals surface area (Å²) >= 11 is 0. The van der Waals surface area contributed by atoms with E-state index in [9.17, 15) is 9.59 Å². The number of carbonyl (C=O) groups excluding carboxylic acids is 2. The molecule has 0 saturated carbocycles. The Labute approximate surface area is 160 Å². The van der Waals surface area contributed by atoms with Gasteiger partial charge in [-0.15, -0.1) is 5.92 Å². The molecule has 5 nitrogen and oxygen atoms in total. The molecule has 2 aliphatic heterocycles. The fourth-order valence-corrected chi connectivity index (χ4v) is 3.67. The van der Waals surface area contributed by atoms with Crippen LogP contribution in [0.3, 0.4) is 0 Å². The van der Waals surface area contributed by atoms with Crippen LogP contribution in [-0.4, -0.2) is 54.6 Å². The first-order valence-corrected chi connectivity index (χ1v) is 9.29. The van der Waals surface area contributed by atoms with Crippen molar-refractivity contribution in [2.45, 2.75) is 26.2 Å². The van der Waals surface area contributed by atoms with E-state index in [1.807, 2.05) is 35.2 Å². The summed E-state index contributed by atoms with van der Waals surface area (Å²) in [6.07, 6.45) is 2.45. The number of likely N-dealkylation sites (tertiary alicyclic amines) is 2. The highest BCUT2D eigenvalue weighted by molar-refractivity contribution is 5.94. The molecule has 3 rings (SSSR count). The molecule has 1 aromatic carbocycles. The number of hydrogen-bond donors (Lipinski definition) is 0. The molecule has 0 aliphatic carbocycles. The number of nitrogens with zero attached hydrogens (tertiary/aromatic N) is 2. The van der Waals surface area contributed by atoms with E-state index in [4.69, 9.17) is 4.74 Å². The zero-order chi connectivity index (χ0) is 19.1. The first-order valence-electron chi connectivity index (χ1n) is 9.29. The van der Waals surface area contributed by atoms with Crippen LogP contribution in [0.25, 0.3) is 0 Å². The van der Waals surface area contributed by atoms with Gasteiger partial charge < -0.3 is 14.5 Å². The summed E-state index contributed by atoms with van der Waals surface area (Å²) in [5, 5.41) is 0. The Morgan fingerprint density at radius 2 is 1.74 bits per heavy atom. The largest absolute Gasteiger partial charge is 0.436 e. The van der Waals surface area contributed by atoms with E-state index >= 15 is 0 Å². The number of ether oxygens (including phenoxy) is 1. The molecule has 0 aromatic heterocycles. The molecule has 0 N–H and O–H groups in total. The normalized spacial score (nSPS) is 17.5. The summed E-state index contributed by atoms with van der Waals surface area (Å²) in [5.41, 5.74) is 0.941. The van der Waals surface area contributed by atoms with Crippen LogP contribution in [0.15, 0.2) is 30.3 Å². The summed E-state index contributed by atoms with van der Waals surface area (Å²) in [5.74, 6) is 11.0. The minimum atomic E-state index is -0.290. The minimum absolute atomic E-state index is 0.0963. The number of benzene rings is 1. The molecule has 5 heteroatoms. The predicted molar refractivity (Wildman–Crippen MR) is 103 cm³/mol. The lowest BCUT2D eigenvalue weighted by Gasteiger charge is -2.38. The molecule has 0 radical (unpaired) electrons. The maximum absolute atomic E-state index is 12.3.